The number of amides is 1. The fourth-order valence-electron chi connectivity index (χ4n) is 10.5. The van der Waals surface area contributed by atoms with Crippen LogP contribution in [-0.2, 0) is 47.7 Å². The number of methoxy groups -OCH3 is 3. The second-order valence-corrected chi connectivity index (χ2v) is 19.9. The average molecular weight is 927 g/mol. The van der Waals surface area contributed by atoms with E-state index >= 15 is 0 Å². The van der Waals surface area contributed by atoms with Crippen molar-refractivity contribution in [3.8, 4) is 0 Å². The van der Waals surface area contributed by atoms with E-state index in [-0.39, 0.29) is 60.9 Å². The first-order valence-corrected chi connectivity index (χ1v) is 24.5. The number of hydrogen-bond donors (Lipinski definition) is 3. The number of nitrogens with one attached hydrogen (secondary N) is 1. The van der Waals surface area contributed by atoms with E-state index in [1.165, 1.54) is 12.0 Å². The molecule has 1 amide bonds. The van der Waals surface area contributed by atoms with Crippen molar-refractivity contribution in [3.63, 3.8) is 0 Å². The summed E-state index contributed by atoms with van der Waals surface area (Å²) in [5, 5.41) is 26.8. The second kappa shape index (κ2) is 25.8. The van der Waals surface area contributed by atoms with Crippen LogP contribution in [0.15, 0.2) is 47.6 Å². The minimum Gasteiger partial charge on any atom is -0.460 e. The van der Waals surface area contributed by atoms with Crippen molar-refractivity contribution >= 4 is 29.2 Å². The van der Waals surface area contributed by atoms with Gasteiger partial charge < -0.3 is 44.1 Å². The maximum Gasteiger partial charge on any atom is 0.329 e. The molecule has 3 aliphatic heterocycles. The van der Waals surface area contributed by atoms with Gasteiger partial charge in [-0.15, -0.1) is 0 Å². The van der Waals surface area contributed by atoms with Crippen molar-refractivity contribution in [3.05, 3.63) is 47.6 Å². The summed E-state index contributed by atoms with van der Waals surface area (Å²) in [5.41, 5.74) is 1.29. The van der Waals surface area contributed by atoms with Crippen molar-refractivity contribution in [2.24, 2.45) is 35.5 Å². The molecule has 0 spiro atoms. The van der Waals surface area contributed by atoms with Crippen LogP contribution in [0.5, 0.6) is 0 Å². The minimum absolute atomic E-state index is 0.00419. The van der Waals surface area contributed by atoms with Crippen LogP contribution >= 0.6 is 0 Å². The van der Waals surface area contributed by atoms with E-state index in [4.69, 9.17) is 23.7 Å². The fourth-order valence-corrected chi connectivity index (χ4v) is 10.5. The van der Waals surface area contributed by atoms with Gasteiger partial charge >= 0.3 is 5.97 Å². The number of piperidine rings is 1. The predicted octanol–water partition coefficient (Wildman–Crippen LogP) is 6.41. The van der Waals surface area contributed by atoms with Crippen LogP contribution in [0.3, 0.4) is 0 Å². The predicted molar refractivity (Wildman–Crippen MR) is 252 cm³/mol. The highest BCUT2D eigenvalue weighted by Gasteiger charge is 2.53. The number of carbonyl (C=O) groups excluding carboxylic acids is 5. The molecular formula is C52H82N2O12. The lowest BCUT2D eigenvalue weighted by Crippen LogP contribution is -2.61. The van der Waals surface area contributed by atoms with Crippen molar-refractivity contribution < 1.29 is 57.9 Å². The Hall–Kier alpha value is -3.37. The number of Topliss-reactive ketones (excluding diaryl/α,β-unsaturated/α-hetero) is 3. The first-order valence-electron chi connectivity index (χ1n) is 24.5. The van der Waals surface area contributed by atoms with E-state index in [0.717, 1.165) is 24.8 Å². The van der Waals surface area contributed by atoms with Gasteiger partial charge in [-0.2, -0.15) is 0 Å². The summed E-state index contributed by atoms with van der Waals surface area (Å²) in [6, 6.07) is -0.899. The van der Waals surface area contributed by atoms with E-state index < -0.39 is 77.8 Å². The first kappa shape index (κ1) is 55.2. The van der Waals surface area contributed by atoms with Crippen LogP contribution in [0.1, 0.15) is 126 Å². The van der Waals surface area contributed by atoms with Crippen molar-refractivity contribution in [2.45, 2.75) is 180 Å². The van der Waals surface area contributed by atoms with E-state index in [0.29, 0.717) is 50.5 Å². The Morgan fingerprint density at radius 3 is 2.27 bits per heavy atom. The van der Waals surface area contributed by atoms with Crippen LogP contribution in [-0.4, -0.2) is 134 Å². The zero-order valence-corrected chi connectivity index (χ0v) is 41.7. The lowest BCUT2D eigenvalue weighted by Gasteiger charge is -2.42. The molecule has 3 N–H and O–H groups in total. The van der Waals surface area contributed by atoms with Gasteiger partial charge in [-0.25, -0.2) is 4.79 Å². The number of cyclic esters (lactones) is 1. The average Bonchev–Trinajstić information content (AvgIpc) is 3.30. The molecule has 2 saturated heterocycles. The van der Waals surface area contributed by atoms with Gasteiger partial charge in [0, 0.05) is 64.5 Å². The maximum atomic E-state index is 14.4. The summed E-state index contributed by atoms with van der Waals surface area (Å²) in [6.07, 6.45) is 13.2. The van der Waals surface area contributed by atoms with Crippen LogP contribution in [0.4, 0.5) is 0 Å². The smallest absolute Gasteiger partial charge is 0.329 e. The fraction of sp³-hybridized carbons (Fsp3) is 0.750. The molecule has 14 heteroatoms. The number of rotatable bonds is 7. The van der Waals surface area contributed by atoms with Crippen molar-refractivity contribution in [2.75, 3.05) is 34.9 Å². The van der Waals surface area contributed by atoms with Crippen molar-refractivity contribution in [1.29, 1.82) is 0 Å². The molecule has 15 atom stereocenters. The van der Waals surface area contributed by atoms with Crippen molar-refractivity contribution in [1.82, 2.24) is 10.2 Å². The van der Waals surface area contributed by atoms with Crippen LogP contribution in [0.2, 0.25) is 0 Å². The maximum absolute atomic E-state index is 14.4. The quantitative estimate of drug-likeness (QED) is 0.145. The van der Waals surface area contributed by atoms with E-state index in [2.05, 4.69) is 5.32 Å². The molecule has 0 radical (unpaired) electrons. The SMILES string of the molecule is CN[C@@H]1CC[C@@H](C[C@@H](C)[C@@H]2CC(=O)[C@H](C)/C=C(\C)[C@@H](O)[C@@H](OC)C(=O)[C@H](C)C[C@H](C)/C=C/C=C/C=C(\C)[C@@H](OC)CC3CC[C@@H](C)[C@@](O)(O3)C(=O)C(=O)N3CCCCC3C(=O)O2)C[C@H]1OC. The summed E-state index contributed by atoms with van der Waals surface area (Å²) in [4.78, 5) is 72.0. The van der Waals surface area contributed by atoms with E-state index in [9.17, 15) is 34.2 Å². The highest BCUT2D eigenvalue weighted by Crippen LogP contribution is 2.38. The highest BCUT2D eigenvalue weighted by molar-refractivity contribution is 6.39. The van der Waals surface area contributed by atoms with Gasteiger partial charge in [0.25, 0.3) is 11.7 Å². The molecule has 1 saturated carbocycles. The summed E-state index contributed by atoms with van der Waals surface area (Å²) in [5.74, 6) is -7.60. The molecule has 66 heavy (non-hydrogen) atoms. The Bertz CT molecular complexity index is 1780. The number of fused-ring (bicyclic) bond motifs is 3. The van der Waals surface area contributed by atoms with Gasteiger partial charge in [-0.1, -0.05) is 71.1 Å². The molecule has 4 aliphatic rings. The standard InChI is InChI=1S/C52H82N2O12/c1-31-17-13-12-14-18-32(2)43(62-9)29-39-22-20-37(7)52(61,66-39)49(58)50(59)54-24-16-15-19-41(54)51(60)65-44(34(4)27-38-21-23-40(53-8)45(28-38)63-10)30-42(55)33(3)26-36(6)47(57)48(64-11)46(56)35(5)25-31/h12-14,17-18,26,31,33-35,37-41,43-45,47-48,53,57,61H,15-16,19-25,27-30H2,1-11H3/b14-12+,17-13+,32-18+,36-26+/t31-,33-,34-,35-,37-,38+,39?,40-,41?,43+,44+,45-,47-,48+,52-/m1/s1. The highest BCUT2D eigenvalue weighted by atomic mass is 16.6. The van der Waals surface area contributed by atoms with Gasteiger partial charge in [0.05, 0.1) is 18.3 Å². The van der Waals surface area contributed by atoms with E-state index in [1.54, 1.807) is 41.1 Å². The molecular weight excluding hydrogens is 845 g/mol. The largest absolute Gasteiger partial charge is 0.460 e. The first-order chi connectivity index (χ1) is 31.3. The Kier molecular flexibility index (Phi) is 21.6. The summed E-state index contributed by atoms with van der Waals surface area (Å²) < 4.78 is 29.7. The molecule has 4 rings (SSSR count). The van der Waals surface area contributed by atoms with Gasteiger partial charge in [0.1, 0.15) is 30.1 Å². The summed E-state index contributed by atoms with van der Waals surface area (Å²) in [7, 11) is 6.61. The molecule has 372 valence electrons. The Morgan fingerprint density at radius 2 is 1.61 bits per heavy atom. The monoisotopic (exact) mass is 927 g/mol. The second-order valence-electron chi connectivity index (χ2n) is 19.9. The minimum atomic E-state index is -2.42. The lowest BCUT2D eigenvalue weighted by atomic mass is 9.77. The third kappa shape index (κ3) is 14.3. The molecule has 2 bridgehead atoms. The molecule has 1 aliphatic carbocycles. The molecule has 3 fully saturated rings. The van der Waals surface area contributed by atoms with Crippen LogP contribution in [0.25, 0.3) is 0 Å². The molecule has 14 nitrogen and oxygen atoms in total. The number of hydrogen-bond acceptors (Lipinski definition) is 13. The number of aliphatic hydroxyl groups excluding tert-OH is 1. The number of ketones is 3. The Morgan fingerprint density at radius 1 is 0.879 bits per heavy atom. The molecule has 3 heterocycles. The number of carbonyl (C=O) groups is 5. The van der Waals surface area contributed by atoms with Gasteiger partial charge in [-0.05, 0) is 114 Å². The van der Waals surface area contributed by atoms with Crippen LogP contribution in [0, 0.1) is 35.5 Å². The number of aliphatic hydroxyl groups is 2. The number of esters is 1. The zero-order chi connectivity index (χ0) is 48.9. The molecule has 0 aromatic heterocycles. The topological polar surface area (TPSA) is 187 Å². The number of likely N-dealkylation sites (N-methyl/N-ethyl adjacent to an activating group) is 1. The summed E-state index contributed by atoms with van der Waals surface area (Å²) in [6.45, 7) is 12.9. The normalized spacial score (nSPS) is 40.0. The molecule has 0 aromatic carbocycles. The third-order valence-corrected chi connectivity index (χ3v) is 14.9. The number of nitrogens with zero attached hydrogens (tertiary/aromatic N) is 1. The van der Waals surface area contributed by atoms with Gasteiger partial charge in [0.2, 0.25) is 5.79 Å². The molecule has 0 aromatic rings. The third-order valence-electron chi connectivity index (χ3n) is 14.9. The van der Waals surface area contributed by atoms with Gasteiger partial charge in [-0.3, -0.25) is 19.2 Å². The van der Waals surface area contributed by atoms with E-state index in [1.807, 2.05) is 65.1 Å². The van der Waals surface area contributed by atoms with Crippen LogP contribution < -0.4 is 5.32 Å². The Balaban J connectivity index is 1.70. The molecule has 2 unspecified atom stereocenters. The number of allylic oxidation sites excluding steroid dienone is 6. The lowest BCUT2D eigenvalue weighted by molar-refractivity contribution is -0.265. The Labute approximate surface area is 394 Å². The summed E-state index contributed by atoms with van der Waals surface area (Å²) >= 11 is 0. The van der Waals surface area contributed by atoms with Gasteiger partial charge in [0.15, 0.2) is 5.78 Å². The number of ether oxygens (including phenoxy) is 5. The zero-order valence-electron chi connectivity index (χ0n) is 41.7.